The zero-order valence-corrected chi connectivity index (χ0v) is 13.3. The van der Waals surface area contributed by atoms with Gasteiger partial charge >= 0.3 is 0 Å². The van der Waals surface area contributed by atoms with E-state index in [-0.39, 0.29) is 0 Å². The van der Waals surface area contributed by atoms with Crippen molar-refractivity contribution in [3.05, 3.63) is 38.6 Å². The summed E-state index contributed by atoms with van der Waals surface area (Å²) >= 11 is 1.54. The number of ether oxygens (including phenoxy) is 1. The Morgan fingerprint density at radius 2 is 2.00 bits per heavy atom. The van der Waals surface area contributed by atoms with E-state index < -0.39 is 6.10 Å². The first-order valence-corrected chi connectivity index (χ1v) is 7.36. The van der Waals surface area contributed by atoms with Gasteiger partial charge in [0.05, 0.1) is 28.8 Å². The second-order valence-corrected chi connectivity index (χ2v) is 6.18. The summed E-state index contributed by atoms with van der Waals surface area (Å²) in [5.74, 6) is 0.847. The predicted octanol–water partition coefficient (Wildman–Crippen LogP) is 3.06. The molecule has 0 bridgehead atoms. The molecule has 1 unspecified atom stereocenters. The molecule has 2 heterocycles. The molecule has 0 spiro atoms. The Morgan fingerprint density at radius 3 is 2.55 bits per heavy atom. The van der Waals surface area contributed by atoms with Gasteiger partial charge in [-0.15, -0.1) is 11.3 Å². The van der Waals surface area contributed by atoms with Crippen LogP contribution in [0, 0.1) is 27.7 Å². The molecule has 0 fully saturated rings. The molecule has 1 N–H and O–H groups in total. The zero-order valence-electron chi connectivity index (χ0n) is 12.5. The SMILES string of the molecule is COc1c(C)cnc(CC(O)c2sc(C)nc2C)c1C. The lowest BCUT2D eigenvalue weighted by Crippen LogP contribution is -2.06. The minimum absolute atomic E-state index is 0.477. The van der Waals surface area contributed by atoms with E-state index in [2.05, 4.69) is 9.97 Å². The van der Waals surface area contributed by atoms with Crippen molar-refractivity contribution in [2.24, 2.45) is 0 Å². The third kappa shape index (κ3) is 2.83. The summed E-state index contributed by atoms with van der Waals surface area (Å²) in [4.78, 5) is 9.71. The van der Waals surface area contributed by atoms with Crippen LogP contribution >= 0.6 is 11.3 Å². The number of pyridine rings is 1. The van der Waals surface area contributed by atoms with Crippen LogP contribution in [0.4, 0.5) is 0 Å². The molecule has 0 amide bonds. The van der Waals surface area contributed by atoms with Crippen molar-refractivity contribution in [2.45, 2.75) is 40.2 Å². The van der Waals surface area contributed by atoms with Crippen LogP contribution in [0.2, 0.25) is 0 Å². The van der Waals surface area contributed by atoms with Crippen LogP contribution in [-0.2, 0) is 6.42 Å². The van der Waals surface area contributed by atoms with Gasteiger partial charge in [-0.1, -0.05) is 0 Å². The fraction of sp³-hybridized carbons (Fsp3) is 0.467. The van der Waals surface area contributed by atoms with Gasteiger partial charge in [0.1, 0.15) is 5.75 Å². The molecular formula is C15H20N2O2S. The maximum absolute atomic E-state index is 10.4. The summed E-state index contributed by atoms with van der Waals surface area (Å²) in [6.07, 6.45) is 1.70. The number of hydrogen-bond donors (Lipinski definition) is 1. The monoisotopic (exact) mass is 292 g/mol. The Balaban J connectivity index is 2.28. The standard InChI is InChI=1S/C15H20N2O2S/c1-8-7-16-12(9(2)14(8)19-5)6-13(18)15-10(3)17-11(4)20-15/h7,13,18H,6H2,1-5H3. The largest absolute Gasteiger partial charge is 0.496 e. The number of aliphatic hydroxyl groups is 1. The van der Waals surface area contributed by atoms with Gasteiger partial charge < -0.3 is 9.84 Å². The van der Waals surface area contributed by atoms with Crippen molar-refractivity contribution in [1.82, 2.24) is 9.97 Å². The Morgan fingerprint density at radius 1 is 1.30 bits per heavy atom. The summed E-state index contributed by atoms with van der Waals surface area (Å²) in [7, 11) is 1.66. The number of rotatable bonds is 4. The Kier molecular flexibility index (Phi) is 4.40. The lowest BCUT2D eigenvalue weighted by atomic mass is 10.0. The van der Waals surface area contributed by atoms with Crippen molar-refractivity contribution in [3.8, 4) is 5.75 Å². The van der Waals surface area contributed by atoms with Gasteiger partial charge in [-0.2, -0.15) is 0 Å². The molecule has 0 aliphatic rings. The molecule has 2 aromatic rings. The second-order valence-electron chi connectivity index (χ2n) is 4.95. The number of aliphatic hydroxyl groups excluding tert-OH is 1. The third-order valence-corrected chi connectivity index (χ3v) is 4.55. The van der Waals surface area contributed by atoms with Gasteiger partial charge in [0.2, 0.25) is 0 Å². The van der Waals surface area contributed by atoms with Crippen LogP contribution in [0.25, 0.3) is 0 Å². The van der Waals surface area contributed by atoms with Crippen LogP contribution in [0.1, 0.15) is 38.5 Å². The topological polar surface area (TPSA) is 55.2 Å². The van der Waals surface area contributed by atoms with Crippen LogP contribution in [-0.4, -0.2) is 22.2 Å². The normalized spacial score (nSPS) is 12.5. The Bertz CT molecular complexity index is 623. The highest BCUT2D eigenvalue weighted by atomic mass is 32.1. The predicted molar refractivity (Wildman–Crippen MR) is 80.5 cm³/mol. The fourth-order valence-corrected chi connectivity index (χ4v) is 3.32. The average Bonchev–Trinajstić information content (AvgIpc) is 2.73. The van der Waals surface area contributed by atoms with E-state index in [0.29, 0.717) is 6.42 Å². The van der Waals surface area contributed by atoms with E-state index in [1.807, 2.05) is 27.7 Å². The summed E-state index contributed by atoms with van der Waals surface area (Å²) < 4.78 is 5.40. The molecule has 0 radical (unpaired) electrons. The lowest BCUT2D eigenvalue weighted by molar-refractivity contribution is 0.179. The number of methoxy groups -OCH3 is 1. The van der Waals surface area contributed by atoms with E-state index in [9.17, 15) is 5.11 Å². The van der Waals surface area contributed by atoms with Gasteiger partial charge in [-0.3, -0.25) is 4.98 Å². The van der Waals surface area contributed by atoms with Gasteiger partial charge in [-0.25, -0.2) is 4.98 Å². The zero-order chi connectivity index (χ0) is 14.9. The summed E-state index contributed by atoms with van der Waals surface area (Å²) in [6, 6.07) is 0. The highest BCUT2D eigenvalue weighted by Crippen LogP contribution is 2.30. The molecule has 0 aliphatic carbocycles. The molecule has 2 rings (SSSR count). The lowest BCUT2D eigenvalue weighted by Gasteiger charge is -2.14. The first-order chi connectivity index (χ1) is 9.43. The van der Waals surface area contributed by atoms with Crippen molar-refractivity contribution in [2.75, 3.05) is 7.11 Å². The molecule has 1 atom stereocenters. The van der Waals surface area contributed by atoms with Gasteiger partial charge in [0.25, 0.3) is 0 Å². The highest BCUT2D eigenvalue weighted by Gasteiger charge is 2.18. The van der Waals surface area contributed by atoms with Crippen LogP contribution in [0.15, 0.2) is 6.20 Å². The number of hydrogen-bond acceptors (Lipinski definition) is 5. The van der Waals surface area contributed by atoms with E-state index >= 15 is 0 Å². The van der Waals surface area contributed by atoms with Crippen LogP contribution < -0.4 is 4.74 Å². The summed E-state index contributed by atoms with van der Waals surface area (Å²) in [5, 5.41) is 11.4. The van der Waals surface area contributed by atoms with E-state index in [1.54, 1.807) is 24.6 Å². The van der Waals surface area contributed by atoms with Crippen LogP contribution in [0.3, 0.4) is 0 Å². The quantitative estimate of drug-likeness (QED) is 0.941. The Hall–Kier alpha value is -1.46. The molecule has 4 nitrogen and oxygen atoms in total. The van der Waals surface area contributed by atoms with Gasteiger partial charge in [0, 0.05) is 29.4 Å². The Labute approximate surface area is 123 Å². The van der Waals surface area contributed by atoms with Crippen LogP contribution in [0.5, 0.6) is 5.75 Å². The third-order valence-electron chi connectivity index (χ3n) is 3.38. The molecule has 0 saturated heterocycles. The van der Waals surface area contributed by atoms with Crippen molar-refractivity contribution in [3.63, 3.8) is 0 Å². The first kappa shape index (κ1) is 14.9. The molecule has 2 aromatic heterocycles. The molecule has 0 aliphatic heterocycles. The molecule has 20 heavy (non-hydrogen) atoms. The fourth-order valence-electron chi connectivity index (χ4n) is 2.41. The minimum atomic E-state index is -0.570. The minimum Gasteiger partial charge on any atom is -0.496 e. The van der Waals surface area contributed by atoms with Gasteiger partial charge in [0.15, 0.2) is 0 Å². The van der Waals surface area contributed by atoms with Crippen molar-refractivity contribution in [1.29, 1.82) is 0 Å². The number of thiazole rings is 1. The van der Waals surface area contributed by atoms with E-state index in [0.717, 1.165) is 38.1 Å². The maximum atomic E-state index is 10.4. The van der Waals surface area contributed by atoms with E-state index in [1.165, 1.54) is 0 Å². The van der Waals surface area contributed by atoms with Crippen molar-refractivity contribution >= 4 is 11.3 Å². The second kappa shape index (κ2) is 5.89. The smallest absolute Gasteiger partial charge is 0.128 e. The molecule has 0 saturated carbocycles. The van der Waals surface area contributed by atoms with Crippen molar-refractivity contribution < 1.29 is 9.84 Å². The summed E-state index contributed by atoms with van der Waals surface area (Å²) in [6.45, 7) is 7.83. The average molecular weight is 292 g/mol. The highest BCUT2D eigenvalue weighted by molar-refractivity contribution is 7.11. The summed E-state index contributed by atoms with van der Waals surface area (Å²) in [5.41, 5.74) is 3.76. The number of aryl methyl sites for hydroxylation is 3. The molecule has 108 valence electrons. The number of aromatic nitrogens is 2. The molecule has 5 heteroatoms. The van der Waals surface area contributed by atoms with E-state index in [4.69, 9.17) is 4.74 Å². The van der Waals surface area contributed by atoms with Gasteiger partial charge in [-0.05, 0) is 27.7 Å². The maximum Gasteiger partial charge on any atom is 0.128 e. The number of nitrogens with zero attached hydrogens (tertiary/aromatic N) is 2. The molecule has 0 aromatic carbocycles. The molecular weight excluding hydrogens is 272 g/mol. The first-order valence-electron chi connectivity index (χ1n) is 6.55.